The minimum Gasteiger partial charge on any atom is -0.496 e. The maximum absolute atomic E-state index is 6.58. The Morgan fingerprint density at radius 3 is 2.05 bits per heavy atom. The lowest BCUT2D eigenvalue weighted by Crippen LogP contribution is -1.99. The molecule has 1 nitrogen and oxygen atoms in total. The van der Waals surface area contributed by atoms with Gasteiger partial charge in [-0.1, -0.05) is 42.0 Å². The fraction of sp³-hybridized carbons (Fsp3) is 0.333. The van der Waals surface area contributed by atoms with Crippen LogP contribution in [0.15, 0.2) is 36.4 Å². The molecule has 2 aromatic rings. The van der Waals surface area contributed by atoms with E-state index < -0.39 is 0 Å². The molecule has 2 aromatic carbocycles. The lowest BCUT2D eigenvalue weighted by atomic mass is 9.99. The van der Waals surface area contributed by atoms with Gasteiger partial charge in [0.25, 0.3) is 0 Å². The monoisotopic (exact) mass is 288 g/mol. The van der Waals surface area contributed by atoms with E-state index >= 15 is 0 Å². The summed E-state index contributed by atoms with van der Waals surface area (Å²) in [6.45, 7) is 6.22. The van der Waals surface area contributed by atoms with Crippen LogP contribution in [0, 0.1) is 20.8 Å². The molecule has 0 fully saturated rings. The summed E-state index contributed by atoms with van der Waals surface area (Å²) in [5.74, 6) is 0.952. The van der Waals surface area contributed by atoms with Crippen LogP contribution in [-0.4, -0.2) is 7.11 Å². The molecule has 0 amide bonds. The normalized spacial score (nSPS) is 12.2. The van der Waals surface area contributed by atoms with Crippen molar-refractivity contribution in [2.24, 2.45) is 0 Å². The Morgan fingerprint density at radius 1 is 1.00 bits per heavy atom. The van der Waals surface area contributed by atoms with Crippen LogP contribution in [0.4, 0.5) is 0 Å². The van der Waals surface area contributed by atoms with E-state index in [9.17, 15) is 0 Å². The predicted molar refractivity (Wildman–Crippen MR) is 85.9 cm³/mol. The molecule has 0 spiro atoms. The Balaban J connectivity index is 2.21. The predicted octanol–water partition coefficient (Wildman–Crippen LogP) is 5.14. The van der Waals surface area contributed by atoms with E-state index in [-0.39, 0.29) is 5.38 Å². The zero-order valence-electron chi connectivity index (χ0n) is 12.5. The molecule has 2 heteroatoms. The summed E-state index contributed by atoms with van der Waals surface area (Å²) in [6, 6.07) is 12.8. The highest BCUT2D eigenvalue weighted by Gasteiger charge is 2.13. The van der Waals surface area contributed by atoms with Gasteiger partial charge >= 0.3 is 0 Å². The van der Waals surface area contributed by atoms with Gasteiger partial charge in [-0.15, -0.1) is 11.6 Å². The molecular formula is C18H21ClO. The van der Waals surface area contributed by atoms with Gasteiger partial charge in [0, 0.05) is 0 Å². The van der Waals surface area contributed by atoms with Crippen molar-refractivity contribution in [2.75, 3.05) is 7.11 Å². The van der Waals surface area contributed by atoms with Crippen molar-refractivity contribution in [2.45, 2.75) is 32.6 Å². The van der Waals surface area contributed by atoms with E-state index in [2.05, 4.69) is 57.2 Å². The summed E-state index contributed by atoms with van der Waals surface area (Å²) >= 11 is 6.58. The molecule has 0 aliphatic rings. The van der Waals surface area contributed by atoms with Crippen molar-refractivity contribution in [3.8, 4) is 5.75 Å². The van der Waals surface area contributed by atoms with Crippen molar-refractivity contribution < 1.29 is 4.74 Å². The largest absolute Gasteiger partial charge is 0.496 e. The average Bonchev–Trinajstić information content (AvgIpc) is 2.41. The van der Waals surface area contributed by atoms with E-state index in [1.165, 1.54) is 11.1 Å². The van der Waals surface area contributed by atoms with Gasteiger partial charge in [-0.05, 0) is 49.4 Å². The van der Waals surface area contributed by atoms with E-state index in [1.807, 2.05) is 0 Å². The first kappa shape index (κ1) is 14.9. The van der Waals surface area contributed by atoms with Crippen LogP contribution in [0.5, 0.6) is 5.75 Å². The highest BCUT2D eigenvalue weighted by molar-refractivity contribution is 6.21. The molecule has 0 saturated carbocycles. The molecule has 0 bridgehead atoms. The molecule has 1 atom stereocenters. The zero-order valence-corrected chi connectivity index (χ0v) is 13.3. The maximum atomic E-state index is 6.58. The third kappa shape index (κ3) is 3.34. The van der Waals surface area contributed by atoms with Crippen LogP contribution in [0.2, 0.25) is 0 Å². The molecule has 2 rings (SSSR count). The van der Waals surface area contributed by atoms with Crippen LogP contribution in [0.25, 0.3) is 0 Å². The number of ether oxygens (including phenoxy) is 1. The van der Waals surface area contributed by atoms with Crippen LogP contribution < -0.4 is 4.74 Å². The van der Waals surface area contributed by atoms with Gasteiger partial charge in [0.1, 0.15) is 5.75 Å². The van der Waals surface area contributed by atoms with Gasteiger partial charge in [0.05, 0.1) is 12.5 Å². The molecule has 20 heavy (non-hydrogen) atoms. The van der Waals surface area contributed by atoms with Gasteiger partial charge in [0.15, 0.2) is 0 Å². The molecule has 0 aliphatic carbocycles. The average molecular weight is 289 g/mol. The molecule has 0 aliphatic heterocycles. The fourth-order valence-corrected chi connectivity index (χ4v) is 2.84. The summed E-state index contributed by atoms with van der Waals surface area (Å²) in [5, 5.41) is -0.0130. The number of benzene rings is 2. The standard InChI is InChI=1S/C18H21ClO/c1-12-5-7-15(8-6-12)11-17(19)16-9-13(2)18(20-4)14(3)10-16/h5-10,17H,11H2,1-4H3. The fourth-order valence-electron chi connectivity index (χ4n) is 2.54. The van der Waals surface area contributed by atoms with Crippen LogP contribution in [0.1, 0.15) is 33.2 Å². The summed E-state index contributed by atoms with van der Waals surface area (Å²) in [6.07, 6.45) is 0.840. The van der Waals surface area contributed by atoms with Gasteiger partial charge < -0.3 is 4.74 Å². The van der Waals surface area contributed by atoms with Gasteiger partial charge in [-0.2, -0.15) is 0 Å². The third-order valence-electron chi connectivity index (χ3n) is 3.58. The number of alkyl halides is 1. The van der Waals surface area contributed by atoms with Crippen molar-refractivity contribution in [1.82, 2.24) is 0 Å². The van der Waals surface area contributed by atoms with Gasteiger partial charge in [0.2, 0.25) is 0 Å². The van der Waals surface area contributed by atoms with E-state index in [4.69, 9.17) is 16.3 Å². The molecule has 0 aromatic heterocycles. The smallest absolute Gasteiger partial charge is 0.124 e. The number of hydrogen-bond acceptors (Lipinski definition) is 1. The van der Waals surface area contributed by atoms with Crippen molar-refractivity contribution in [1.29, 1.82) is 0 Å². The van der Waals surface area contributed by atoms with E-state index in [0.29, 0.717) is 0 Å². The molecule has 106 valence electrons. The highest BCUT2D eigenvalue weighted by atomic mass is 35.5. The van der Waals surface area contributed by atoms with Crippen molar-refractivity contribution in [3.05, 3.63) is 64.2 Å². The Labute approximate surface area is 126 Å². The quantitative estimate of drug-likeness (QED) is 0.708. The lowest BCUT2D eigenvalue weighted by molar-refractivity contribution is 0.408. The van der Waals surface area contributed by atoms with Gasteiger partial charge in [-0.3, -0.25) is 0 Å². The van der Waals surface area contributed by atoms with Gasteiger partial charge in [-0.25, -0.2) is 0 Å². The number of hydrogen-bond donors (Lipinski definition) is 0. The Morgan fingerprint density at radius 2 is 1.55 bits per heavy atom. The second-order valence-corrected chi connectivity index (χ2v) is 5.87. The topological polar surface area (TPSA) is 9.23 Å². The number of rotatable bonds is 4. The second-order valence-electron chi connectivity index (χ2n) is 5.35. The SMILES string of the molecule is COc1c(C)cc(C(Cl)Cc2ccc(C)cc2)cc1C. The van der Waals surface area contributed by atoms with E-state index in [0.717, 1.165) is 28.9 Å². The first-order valence-electron chi connectivity index (χ1n) is 6.86. The van der Waals surface area contributed by atoms with Crippen LogP contribution in [0.3, 0.4) is 0 Å². The lowest BCUT2D eigenvalue weighted by Gasteiger charge is -2.15. The van der Waals surface area contributed by atoms with E-state index in [1.54, 1.807) is 7.11 Å². The van der Waals surface area contributed by atoms with Crippen LogP contribution in [-0.2, 0) is 6.42 Å². The molecule has 0 saturated heterocycles. The molecule has 0 radical (unpaired) electrons. The Bertz CT molecular complexity index is 564. The minimum absolute atomic E-state index is 0.0130. The first-order valence-corrected chi connectivity index (χ1v) is 7.29. The molecule has 0 heterocycles. The first-order chi connectivity index (χ1) is 9.51. The zero-order chi connectivity index (χ0) is 14.7. The summed E-state index contributed by atoms with van der Waals surface area (Å²) < 4.78 is 5.40. The molecule has 1 unspecified atom stereocenters. The minimum atomic E-state index is -0.0130. The van der Waals surface area contributed by atoms with Crippen LogP contribution >= 0.6 is 11.6 Å². The Hall–Kier alpha value is -1.47. The number of aryl methyl sites for hydroxylation is 3. The summed E-state index contributed by atoms with van der Waals surface area (Å²) in [5.41, 5.74) is 5.97. The van der Waals surface area contributed by atoms with Crippen molar-refractivity contribution in [3.63, 3.8) is 0 Å². The summed E-state index contributed by atoms with van der Waals surface area (Å²) in [7, 11) is 1.71. The Kier molecular flexibility index (Phi) is 4.72. The number of halogens is 1. The maximum Gasteiger partial charge on any atom is 0.124 e. The molecular weight excluding hydrogens is 268 g/mol. The highest BCUT2D eigenvalue weighted by Crippen LogP contribution is 2.31. The second kappa shape index (κ2) is 6.32. The molecule has 0 N–H and O–H groups in total. The third-order valence-corrected chi connectivity index (χ3v) is 3.99. The summed E-state index contributed by atoms with van der Waals surface area (Å²) in [4.78, 5) is 0. The number of methoxy groups -OCH3 is 1. The van der Waals surface area contributed by atoms with Crippen molar-refractivity contribution >= 4 is 11.6 Å².